The maximum Gasteiger partial charge on any atom is 0.472 e. The Labute approximate surface area is 658 Å². The fraction of sp³-hybridized carbons (Fsp3) is 0.955. The van der Waals surface area contributed by atoms with E-state index in [0.717, 1.165) is 95.8 Å². The molecule has 0 heterocycles. The lowest BCUT2D eigenvalue weighted by atomic mass is 10.0. The first-order valence-corrected chi connectivity index (χ1v) is 48.6. The Hall–Kier alpha value is -1.94. The van der Waals surface area contributed by atoms with Crippen LogP contribution >= 0.6 is 15.6 Å². The molecule has 0 radical (unpaired) electrons. The Morgan fingerprint density at radius 3 is 0.636 bits per heavy atom. The van der Waals surface area contributed by atoms with Crippen LogP contribution in [-0.4, -0.2) is 96.7 Å². The van der Waals surface area contributed by atoms with Gasteiger partial charge < -0.3 is 33.8 Å². The predicted molar refractivity (Wildman–Crippen MR) is 442 cm³/mol. The van der Waals surface area contributed by atoms with Crippen LogP contribution in [0.15, 0.2) is 0 Å². The summed E-state index contributed by atoms with van der Waals surface area (Å²) in [6.45, 7) is 7.40. The van der Waals surface area contributed by atoms with Gasteiger partial charge in [-0.15, -0.1) is 0 Å². The summed E-state index contributed by atoms with van der Waals surface area (Å²) in [6.07, 6.45) is 74.9. The van der Waals surface area contributed by atoms with Crippen molar-refractivity contribution in [3.05, 3.63) is 0 Å². The second kappa shape index (κ2) is 80.7. The average molecular weight is 1560 g/mol. The molecule has 0 aromatic carbocycles. The van der Waals surface area contributed by atoms with Gasteiger partial charge in [0.15, 0.2) is 12.2 Å². The quantitative estimate of drug-likeness (QED) is 0.0222. The first-order chi connectivity index (χ1) is 52.0. The van der Waals surface area contributed by atoms with Gasteiger partial charge in [-0.25, -0.2) is 9.13 Å². The monoisotopic (exact) mass is 1560 g/mol. The summed E-state index contributed by atoms with van der Waals surface area (Å²) >= 11 is 0. The molecule has 0 spiro atoms. The largest absolute Gasteiger partial charge is 0.472 e. The zero-order valence-corrected chi connectivity index (χ0v) is 72.1. The molecule has 0 aliphatic carbocycles. The number of carbonyl (C=O) groups is 4. The topological polar surface area (TPSA) is 237 Å². The van der Waals surface area contributed by atoms with E-state index in [-0.39, 0.29) is 25.7 Å². The fourth-order valence-electron chi connectivity index (χ4n) is 13.8. The molecular weight excluding hydrogens is 1390 g/mol. The van der Waals surface area contributed by atoms with Gasteiger partial charge in [0.2, 0.25) is 0 Å². The number of aliphatic hydroxyl groups excluding tert-OH is 1. The number of phosphoric ester groups is 2. The van der Waals surface area contributed by atoms with Crippen LogP contribution in [0.1, 0.15) is 478 Å². The van der Waals surface area contributed by atoms with Crippen molar-refractivity contribution in [2.45, 2.75) is 496 Å². The van der Waals surface area contributed by atoms with E-state index in [1.165, 1.54) is 302 Å². The van der Waals surface area contributed by atoms with Crippen LogP contribution in [0.3, 0.4) is 0 Å². The molecule has 0 saturated carbocycles. The van der Waals surface area contributed by atoms with E-state index in [1.54, 1.807) is 0 Å². The summed E-state index contributed by atoms with van der Waals surface area (Å²) in [5, 5.41) is 10.7. The molecule has 0 bridgehead atoms. The van der Waals surface area contributed by atoms with E-state index in [2.05, 4.69) is 34.6 Å². The minimum absolute atomic E-state index is 0.109. The first kappa shape index (κ1) is 105. The van der Waals surface area contributed by atoms with Crippen LogP contribution in [0.25, 0.3) is 0 Å². The summed E-state index contributed by atoms with van der Waals surface area (Å²) in [5.41, 5.74) is 0. The van der Waals surface area contributed by atoms with Gasteiger partial charge in [0.1, 0.15) is 19.3 Å². The second-order valence-corrected chi connectivity index (χ2v) is 35.0. The van der Waals surface area contributed by atoms with Crippen molar-refractivity contribution in [1.29, 1.82) is 0 Å². The van der Waals surface area contributed by atoms with Crippen LogP contribution in [0.4, 0.5) is 0 Å². The molecule has 19 heteroatoms. The van der Waals surface area contributed by atoms with Gasteiger partial charge in [-0.1, -0.05) is 426 Å². The number of ether oxygens (including phenoxy) is 4. The van der Waals surface area contributed by atoms with Crippen molar-refractivity contribution >= 4 is 39.5 Å². The first-order valence-electron chi connectivity index (χ1n) is 45.6. The normalized spacial score (nSPS) is 13.7. The van der Waals surface area contributed by atoms with Gasteiger partial charge in [0.05, 0.1) is 26.4 Å². The van der Waals surface area contributed by atoms with E-state index in [1.807, 2.05) is 0 Å². The second-order valence-electron chi connectivity index (χ2n) is 32.1. The summed E-state index contributed by atoms with van der Waals surface area (Å²) < 4.78 is 69.0. The SMILES string of the molecule is CCCCCCCCCCCCCCCCCCCCCCCCC(=O)O[C@H](COC(=O)CCCCCCCCCCCCCCCC(C)C)COP(=O)(O)OC[C@@H](O)COP(=O)(O)OC[C@@H](COC(=O)CCCCCCCCCCCCCCC)OC(=O)CCCCCCCCCCCCCCCCCC. The highest BCUT2D eigenvalue weighted by Crippen LogP contribution is 2.45. The molecule has 0 saturated heterocycles. The van der Waals surface area contributed by atoms with Crippen molar-refractivity contribution < 1.29 is 80.2 Å². The summed E-state index contributed by atoms with van der Waals surface area (Å²) in [5.74, 6) is -1.30. The summed E-state index contributed by atoms with van der Waals surface area (Å²) in [6, 6.07) is 0. The highest BCUT2D eigenvalue weighted by atomic mass is 31.2. The molecule has 17 nitrogen and oxygen atoms in total. The van der Waals surface area contributed by atoms with Gasteiger partial charge in [-0.05, 0) is 31.6 Å². The van der Waals surface area contributed by atoms with Crippen LogP contribution in [-0.2, 0) is 65.4 Å². The zero-order chi connectivity index (χ0) is 78.3. The van der Waals surface area contributed by atoms with E-state index in [9.17, 15) is 43.2 Å². The Balaban J connectivity index is 5.24. The van der Waals surface area contributed by atoms with Crippen LogP contribution in [0, 0.1) is 5.92 Å². The van der Waals surface area contributed by atoms with E-state index in [0.29, 0.717) is 25.7 Å². The zero-order valence-electron chi connectivity index (χ0n) is 70.3. The molecule has 0 aromatic rings. The van der Waals surface area contributed by atoms with E-state index < -0.39 is 97.5 Å². The number of carbonyl (C=O) groups excluding carboxylic acids is 4. The number of rotatable bonds is 88. The van der Waals surface area contributed by atoms with Crippen molar-refractivity contribution in [2.75, 3.05) is 39.6 Å². The van der Waals surface area contributed by atoms with Crippen molar-refractivity contribution in [3.63, 3.8) is 0 Å². The molecule has 0 fully saturated rings. The minimum atomic E-state index is -4.97. The lowest BCUT2D eigenvalue weighted by Crippen LogP contribution is -2.30. The standard InChI is InChI=1S/C88H172O17P2/c1-6-9-12-15-18-21-24-27-29-31-32-33-34-35-36-38-43-49-54-59-64-69-74-88(93)105-84(78-99-86(91)72-67-62-57-52-47-44-39-41-45-50-55-60-65-70-81(4)5)80-103-107(96,97)101-76-82(89)75-100-106(94,95)102-79-83(77-98-85(90)71-66-61-56-51-46-40-26-23-20-17-14-11-8-3)104-87(92)73-68-63-58-53-48-42-37-30-28-25-22-19-16-13-10-7-2/h81-84,89H,6-80H2,1-5H3,(H,94,95)(H,96,97)/t82-,83+,84+/m0/s1. The summed E-state index contributed by atoms with van der Waals surface area (Å²) in [4.78, 5) is 73.3. The predicted octanol–water partition coefficient (Wildman–Crippen LogP) is 27.2. The molecule has 0 rings (SSSR count). The van der Waals surface area contributed by atoms with Gasteiger partial charge in [0.25, 0.3) is 0 Å². The number of esters is 4. The van der Waals surface area contributed by atoms with Crippen molar-refractivity contribution in [2.24, 2.45) is 5.92 Å². The third-order valence-electron chi connectivity index (χ3n) is 20.8. The van der Waals surface area contributed by atoms with Gasteiger partial charge >= 0.3 is 39.5 Å². The molecule has 3 N–H and O–H groups in total. The van der Waals surface area contributed by atoms with Crippen LogP contribution in [0.5, 0.6) is 0 Å². The molecule has 0 amide bonds. The van der Waals surface area contributed by atoms with Gasteiger partial charge in [-0.3, -0.25) is 37.3 Å². The number of aliphatic hydroxyl groups is 1. The molecule has 0 aliphatic heterocycles. The Morgan fingerprint density at radius 1 is 0.252 bits per heavy atom. The fourth-order valence-corrected chi connectivity index (χ4v) is 15.4. The molecule has 107 heavy (non-hydrogen) atoms. The smallest absolute Gasteiger partial charge is 0.462 e. The third kappa shape index (κ3) is 81.9. The number of unbranched alkanes of at least 4 members (excludes halogenated alkanes) is 60. The van der Waals surface area contributed by atoms with Gasteiger partial charge in [-0.2, -0.15) is 0 Å². The highest BCUT2D eigenvalue weighted by molar-refractivity contribution is 7.47. The van der Waals surface area contributed by atoms with Crippen molar-refractivity contribution in [1.82, 2.24) is 0 Å². The van der Waals surface area contributed by atoms with Crippen LogP contribution < -0.4 is 0 Å². The minimum Gasteiger partial charge on any atom is -0.462 e. The van der Waals surface area contributed by atoms with Crippen LogP contribution in [0.2, 0.25) is 0 Å². The Kier molecular flexibility index (Phi) is 79.2. The molecule has 5 atom stereocenters. The lowest BCUT2D eigenvalue weighted by molar-refractivity contribution is -0.161. The maximum atomic E-state index is 13.2. The average Bonchev–Trinajstić information content (AvgIpc) is 0.914. The highest BCUT2D eigenvalue weighted by Gasteiger charge is 2.30. The van der Waals surface area contributed by atoms with Gasteiger partial charge in [0, 0.05) is 25.7 Å². The van der Waals surface area contributed by atoms with E-state index >= 15 is 0 Å². The number of hydrogen-bond acceptors (Lipinski definition) is 15. The number of hydrogen-bond donors (Lipinski definition) is 3. The molecule has 0 aliphatic rings. The molecular formula is C88H172O17P2. The summed E-state index contributed by atoms with van der Waals surface area (Å²) in [7, 11) is -9.93. The molecule has 2 unspecified atom stereocenters. The van der Waals surface area contributed by atoms with Crippen molar-refractivity contribution in [3.8, 4) is 0 Å². The van der Waals surface area contributed by atoms with E-state index in [4.69, 9.17) is 37.0 Å². The number of phosphoric acid groups is 2. The lowest BCUT2D eigenvalue weighted by Gasteiger charge is -2.21. The third-order valence-corrected chi connectivity index (χ3v) is 22.7. The molecule has 636 valence electrons. The Morgan fingerprint density at radius 2 is 0.430 bits per heavy atom. The maximum absolute atomic E-state index is 13.2. The molecule has 0 aromatic heterocycles. The Bertz CT molecular complexity index is 2030.